The van der Waals surface area contributed by atoms with E-state index in [1.54, 1.807) is 16.7 Å². The van der Waals surface area contributed by atoms with Crippen LogP contribution in [0.1, 0.15) is 161 Å². The second kappa shape index (κ2) is 14.3. The monoisotopic (exact) mass is 942 g/mol. The van der Waals surface area contributed by atoms with Crippen LogP contribution in [0, 0.1) is 82.5 Å². The van der Waals surface area contributed by atoms with Crippen molar-refractivity contribution < 1.29 is 0 Å². The van der Waals surface area contributed by atoms with E-state index in [1.807, 2.05) is 0 Å². The summed E-state index contributed by atoms with van der Waals surface area (Å²) in [6.07, 6.45) is 14.5. The van der Waals surface area contributed by atoms with Crippen molar-refractivity contribution in [3.63, 3.8) is 0 Å². The zero-order valence-electron chi connectivity index (χ0n) is 45.8. The fourth-order valence-corrected chi connectivity index (χ4v) is 20.6. The highest BCUT2D eigenvalue weighted by Crippen LogP contribution is 2.87. The SMILES string of the molecule is Cc1cc(C)c(B2c3cc(C(C)(C)C)ccc3N3c4ccc(C(C)(C)C)cc4B(c4c(C)cc(C)cc4C)c4cc(-c5c(C67CC8CC(CC6C8)C7)cccc5C56CC7CC8C[C@@H](C5)C86C7)cc2c43)c(C)c1. The Morgan fingerprint density at radius 2 is 0.986 bits per heavy atom. The normalized spacial score (nSPS) is 30.6. The molecular formula is C69H77B2N. The average molecular weight is 942 g/mol. The number of benzene rings is 6. The van der Waals surface area contributed by atoms with Crippen LogP contribution >= 0.6 is 0 Å². The summed E-state index contributed by atoms with van der Waals surface area (Å²) < 4.78 is 0. The fourth-order valence-electron chi connectivity index (χ4n) is 20.6. The van der Waals surface area contributed by atoms with E-state index in [4.69, 9.17) is 0 Å². The first-order valence-corrected chi connectivity index (χ1v) is 28.8. The third-order valence-electron chi connectivity index (χ3n) is 22.7. The largest absolute Gasteiger partial charge is 0.313 e. The molecule has 0 aromatic heterocycles. The van der Waals surface area contributed by atoms with Crippen molar-refractivity contribution in [2.24, 2.45) is 40.9 Å². The number of anilines is 3. The van der Waals surface area contributed by atoms with Crippen LogP contribution < -0.4 is 37.7 Å². The highest BCUT2D eigenvalue weighted by atomic mass is 15.2. The van der Waals surface area contributed by atoms with Crippen LogP contribution in [0.15, 0.2) is 91.0 Å². The molecule has 3 heteroatoms. The molecular weight excluding hydrogens is 864 g/mol. The minimum Gasteiger partial charge on any atom is -0.313 e. The van der Waals surface area contributed by atoms with Crippen molar-refractivity contribution in [2.45, 2.75) is 169 Å². The lowest BCUT2D eigenvalue weighted by molar-refractivity contribution is -0.198. The number of aryl methyl sites for hydroxylation is 6. The summed E-state index contributed by atoms with van der Waals surface area (Å²) in [6.45, 7) is 28.9. The Labute approximate surface area is 433 Å². The van der Waals surface area contributed by atoms with E-state index in [-0.39, 0.29) is 24.3 Å². The molecule has 10 aliphatic rings. The van der Waals surface area contributed by atoms with Gasteiger partial charge in [-0.25, -0.2) is 0 Å². The number of nitrogens with zero attached hydrogens (tertiary/aromatic N) is 1. The van der Waals surface area contributed by atoms with Gasteiger partial charge < -0.3 is 4.90 Å². The summed E-state index contributed by atoms with van der Waals surface area (Å²) in [5.74, 6) is 5.41. The summed E-state index contributed by atoms with van der Waals surface area (Å²) in [5, 5.41) is 0. The molecule has 72 heavy (non-hydrogen) atoms. The molecule has 364 valence electrons. The van der Waals surface area contributed by atoms with Gasteiger partial charge in [0, 0.05) is 22.5 Å². The average Bonchev–Trinajstić information content (AvgIpc) is 3.97. The van der Waals surface area contributed by atoms with Crippen LogP contribution in [0.4, 0.5) is 17.1 Å². The molecule has 2 heterocycles. The van der Waals surface area contributed by atoms with Crippen LogP contribution in [-0.2, 0) is 21.7 Å². The first-order chi connectivity index (χ1) is 34.3. The predicted octanol–water partition coefficient (Wildman–Crippen LogP) is 13.1. The van der Waals surface area contributed by atoms with Crippen LogP contribution in [0.2, 0.25) is 0 Å². The minimum absolute atomic E-state index is 0.00357. The number of rotatable bonds is 5. The van der Waals surface area contributed by atoms with E-state index < -0.39 is 0 Å². The summed E-state index contributed by atoms with van der Waals surface area (Å²) in [6, 6.07) is 39.0. The Morgan fingerprint density at radius 3 is 1.49 bits per heavy atom. The molecule has 6 bridgehead atoms. The predicted molar refractivity (Wildman–Crippen MR) is 307 cm³/mol. The Hall–Kier alpha value is -4.75. The molecule has 0 radical (unpaired) electrons. The van der Waals surface area contributed by atoms with Crippen molar-refractivity contribution >= 4 is 63.3 Å². The summed E-state index contributed by atoms with van der Waals surface area (Å²) in [5.41, 5.74) is 32.3. The standard InChI is InChI=1S/C69H77B2N/c1-38-20-40(3)62(41(4)21-38)70-55-31-48(65(7,8)9)16-18-59(55)72-60-19-17-49(66(10,11)12)32-56(60)71(63-42(5)22-39(2)23-43(63)6)58-29-47(28-57(70)64(58)72)61-53(67-33-44-24-45(34-67)26-50(67)25-44)14-13-15-54(61)68-35-46-27-51-30-52(37-68)69(51,68)36-46/h13-23,28-29,31-32,44-46,50-52H,24-27,30,33-37H2,1-12H3/t44?,45?,46?,50?,51?,52-,67?,68?,69?/m0/s1. The minimum atomic E-state index is 0.00357. The fraction of sp³-hybridized carbons (Fsp3) is 0.478. The van der Waals surface area contributed by atoms with E-state index >= 15 is 0 Å². The van der Waals surface area contributed by atoms with Crippen LogP contribution in [0.3, 0.4) is 0 Å². The van der Waals surface area contributed by atoms with Gasteiger partial charge in [-0.05, 0) is 230 Å². The van der Waals surface area contributed by atoms with Crippen molar-refractivity contribution in [1.82, 2.24) is 0 Å². The Bertz CT molecular complexity index is 3190. The smallest absolute Gasteiger partial charge is 0.247 e. The van der Waals surface area contributed by atoms with Crippen molar-refractivity contribution in [1.29, 1.82) is 0 Å². The Morgan fingerprint density at radius 1 is 0.472 bits per heavy atom. The van der Waals surface area contributed by atoms with Gasteiger partial charge >= 0.3 is 0 Å². The number of hydrogen-bond donors (Lipinski definition) is 0. The van der Waals surface area contributed by atoms with E-state index in [0.29, 0.717) is 16.2 Å². The van der Waals surface area contributed by atoms with Gasteiger partial charge in [-0.3, -0.25) is 0 Å². The lowest BCUT2D eigenvalue weighted by Crippen LogP contribution is -2.69. The van der Waals surface area contributed by atoms with Gasteiger partial charge in [0.1, 0.15) is 0 Å². The molecule has 6 aromatic rings. The van der Waals surface area contributed by atoms with Crippen LogP contribution in [-0.4, -0.2) is 13.4 Å². The van der Waals surface area contributed by atoms with Crippen molar-refractivity contribution in [3.8, 4) is 11.1 Å². The molecule has 8 aliphatic carbocycles. The highest BCUT2D eigenvalue weighted by molar-refractivity contribution is 7.02. The molecule has 1 nitrogen and oxygen atoms in total. The molecule has 1 spiro atoms. The van der Waals surface area contributed by atoms with Gasteiger partial charge in [-0.1, -0.05) is 165 Å². The second-order valence-electron chi connectivity index (χ2n) is 28.8. The third kappa shape index (κ3) is 5.60. The quantitative estimate of drug-likeness (QED) is 0.155. The van der Waals surface area contributed by atoms with Crippen LogP contribution in [0.25, 0.3) is 11.1 Å². The molecule has 8 fully saturated rings. The zero-order valence-corrected chi connectivity index (χ0v) is 45.8. The van der Waals surface area contributed by atoms with E-state index in [1.165, 1.54) is 164 Å². The molecule has 0 amide bonds. The van der Waals surface area contributed by atoms with Gasteiger partial charge in [0.25, 0.3) is 0 Å². The topological polar surface area (TPSA) is 3.24 Å². The first-order valence-electron chi connectivity index (χ1n) is 28.8. The molecule has 0 saturated heterocycles. The summed E-state index contributed by atoms with van der Waals surface area (Å²) in [7, 11) is 0. The van der Waals surface area contributed by atoms with Gasteiger partial charge in [-0.2, -0.15) is 0 Å². The molecule has 7 atom stereocenters. The van der Waals surface area contributed by atoms with E-state index in [0.717, 1.165) is 35.5 Å². The summed E-state index contributed by atoms with van der Waals surface area (Å²) in [4.78, 5) is 2.79. The molecule has 6 unspecified atom stereocenters. The van der Waals surface area contributed by atoms with E-state index in [2.05, 4.69) is 179 Å². The molecule has 16 rings (SSSR count). The molecule has 2 aliphatic heterocycles. The number of fused-ring (bicyclic) bond motifs is 5. The summed E-state index contributed by atoms with van der Waals surface area (Å²) >= 11 is 0. The zero-order chi connectivity index (χ0) is 49.5. The van der Waals surface area contributed by atoms with Crippen LogP contribution in [0.5, 0.6) is 0 Å². The Balaban J connectivity index is 1.10. The number of hydrogen-bond acceptors (Lipinski definition) is 1. The van der Waals surface area contributed by atoms with Crippen molar-refractivity contribution in [2.75, 3.05) is 4.90 Å². The maximum atomic E-state index is 2.86. The lowest BCUT2D eigenvalue weighted by atomic mass is 9.29. The van der Waals surface area contributed by atoms with Gasteiger partial charge in [-0.15, -0.1) is 0 Å². The first kappa shape index (κ1) is 44.7. The Kier molecular flexibility index (Phi) is 8.90. The second-order valence-corrected chi connectivity index (χ2v) is 28.8. The van der Waals surface area contributed by atoms with Gasteiger partial charge in [0.2, 0.25) is 13.4 Å². The van der Waals surface area contributed by atoms with Crippen molar-refractivity contribution in [3.05, 3.63) is 147 Å². The van der Waals surface area contributed by atoms with Gasteiger partial charge in [0.05, 0.1) is 0 Å². The maximum absolute atomic E-state index is 2.86. The maximum Gasteiger partial charge on any atom is 0.247 e. The molecule has 0 N–H and O–H groups in total. The highest BCUT2D eigenvalue weighted by Gasteiger charge is 2.81. The molecule has 8 saturated carbocycles. The van der Waals surface area contributed by atoms with Gasteiger partial charge in [0.15, 0.2) is 0 Å². The lowest BCUT2D eigenvalue weighted by Gasteiger charge is -2.73. The third-order valence-corrected chi connectivity index (χ3v) is 22.7. The van der Waals surface area contributed by atoms with E-state index in [9.17, 15) is 0 Å². The molecule has 6 aromatic carbocycles.